The van der Waals surface area contributed by atoms with Gasteiger partial charge in [0.15, 0.2) is 15.7 Å². The number of nitrogen functional groups attached to an aromatic ring is 1. The van der Waals surface area contributed by atoms with E-state index in [1.54, 1.807) is 0 Å². The number of sulfone groups is 1. The van der Waals surface area contributed by atoms with E-state index in [2.05, 4.69) is 23.5 Å². The maximum atomic E-state index is 12.4. The first-order valence-electron chi connectivity index (χ1n) is 7.72. The summed E-state index contributed by atoms with van der Waals surface area (Å²) in [7, 11) is -3.30. The molecular formula is C14H25N3O2S2. The summed E-state index contributed by atoms with van der Waals surface area (Å²) in [5, 5.41) is 3.65. The fourth-order valence-electron chi connectivity index (χ4n) is 2.38. The summed E-state index contributed by atoms with van der Waals surface area (Å²) in [4.78, 5) is 0.232. The predicted molar refractivity (Wildman–Crippen MR) is 88.6 cm³/mol. The van der Waals surface area contributed by atoms with Crippen LogP contribution < -0.4 is 11.1 Å². The van der Waals surface area contributed by atoms with Crippen LogP contribution in [0.5, 0.6) is 0 Å². The smallest absolute Gasteiger partial charge is 0.187 e. The Balaban J connectivity index is 2.01. The number of nitrogens with two attached hydrogens (primary N) is 1. The van der Waals surface area contributed by atoms with Crippen LogP contribution in [0.25, 0.3) is 0 Å². The van der Waals surface area contributed by atoms with Crippen LogP contribution in [0, 0.1) is 0 Å². The summed E-state index contributed by atoms with van der Waals surface area (Å²) >= 11 is 1.15. The molecule has 0 aliphatic heterocycles. The Morgan fingerprint density at radius 2 is 2.10 bits per heavy atom. The van der Waals surface area contributed by atoms with Gasteiger partial charge in [-0.2, -0.15) is 4.37 Å². The standard InChI is InChI=1S/C14H25N3O2S2/c1-3-4-5-6-7-10(2)16-14-12(13(15)17-20-14)21(18,19)11-8-9-11/h10-11,16H,3-9H2,1-2H3,(H2,15,17). The minimum absolute atomic E-state index is 0.146. The first-order valence-corrected chi connectivity index (χ1v) is 10.0. The van der Waals surface area contributed by atoms with Crippen LogP contribution in [0.1, 0.15) is 58.8 Å². The zero-order chi connectivity index (χ0) is 15.5. The second kappa shape index (κ2) is 6.96. The summed E-state index contributed by atoms with van der Waals surface area (Å²) < 4.78 is 28.9. The highest BCUT2D eigenvalue weighted by molar-refractivity contribution is 7.92. The van der Waals surface area contributed by atoms with Crippen LogP contribution in [0.3, 0.4) is 0 Å². The van der Waals surface area contributed by atoms with Gasteiger partial charge in [0.05, 0.1) is 5.25 Å². The number of hydrogen-bond acceptors (Lipinski definition) is 6. The van der Waals surface area contributed by atoms with E-state index in [0.29, 0.717) is 5.00 Å². The van der Waals surface area contributed by atoms with Gasteiger partial charge in [0.25, 0.3) is 0 Å². The molecule has 3 N–H and O–H groups in total. The molecule has 0 bridgehead atoms. The predicted octanol–water partition coefficient (Wildman–Crippen LogP) is 3.43. The second-order valence-electron chi connectivity index (χ2n) is 5.87. The third kappa shape index (κ3) is 4.10. The van der Waals surface area contributed by atoms with E-state index < -0.39 is 9.84 Å². The van der Waals surface area contributed by atoms with Crippen molar-refractivity contribution in [3.05, 3.63) is 0 Å². The minimum Gasteiger partial charge on any atom is -0.382 e. The third-order valence-electron chi connectivity index (χ3n) is 3.79. The normalized spacial score (nSPS) is 16.9. The molecule has 1 heterocycles. The maximum Gasteiger partial charge on any atom is 0.187 e. The molecule has 1 aromatic rings. The molecule has 5 nitrogen and oxygen atoms in total. The number of aromatic nitrogens is 1. The van der Waals surface area contributed by atoms with Gasteiger partial charge >= 0.3 is 0 Å². The van der Waals surface area contributed by atoms with E-state index in [9.17, 15) is 8.42 Å². The Morgan fingerprint density at radius 1 is 1.38 bits per heavy atom. The lowest BCUT2D eigenvalue weighted by Crippen LogP contribution is -2.17. The van der Waals surface area contributed by atoms with Gasteiger partial charge in [-0.1, -0.05) is 32.6 Å². The van der Waals surface area contributed by atoms with Crippen LogP contribution in [-0.4, -0.2) is 24.1 Å². The molecule has 0 radical (unpaired) electrons. The van der Waals surface area contributed by atoms with Crippen LogP contribution >= 0.6 is 11.5 Å². The van der Waals surface area contributed by atoms with Crippen LogP contribution in [0.4, 0.5) is 10.8 Å². The van der Waals surface area contributed by atoms with E-state index in [1.807, 2.05) is 0 Å². The summed E-state index contributed by atoms with van der Waals surface area (Å²) in [6.07, 6.45) is 7.36. The lowest BCUT2D eigenvalue weighted by atomic mass is 10.1. The maximum absolute atomic E-state index is 12.4. The van der Waals surface area contributed by atoms with Gasteiger partial charge in [0, 0.05) is 6.04 Å². The van der Waals surface area contributed by atoms with E-state index in [4.69, 9.17) is 5.73 Å². The SMILES string of the molecule is CCCCCCC(C)Nc1snc(N)c1S(=O)(=O)C1CC1. The summed E-state index contributed by atoms with van der Waals surface area (Å²) in [5.74, 6) is 0.146. The van der Waals surface area contributed by atoms with Gasteiger partial charge in [0.2, 0.25) is 0 Å². The number of hydrogen-bond donors (Lipinski definition) is 2. The van der Waals surface area contributed by atoms with E-state index in [-0.39, 0.29) is 22.0 Å². The van der Waals surface area contributed by atoms with Crippen molar-refractivity contribution in [2.24, 2.45) is 0 Å². The zero-order valence-electron chi connectivity index (χ0n) is 12.8. The molecule has 1 aliphatic carbocycles. The molecule has 1 fully saturated rings. The quantitative estimate of drug-likeness (QED) is 0.677. The molecule has 0 saturated heterocycles. The Kier molecular flexibility index (Phi) is 5.48. The Hall–Kier alpha value is -0.820. The van der Waals surface area contributed by atoms with Crippen molar-refractivity contribution in [3.63, 3.8) is 0 Å². The van der Waals surface area contributed by atoms with E-state index in [0.717, 1.165) is 37.2 Å². The zero-order valence-corrected chi connectivity index (χ0v) is 14.4. The molecule has 0 amide bonds. The monoisotopic (exact) mass is 331 g/mol. The molecule has 2 rings (SSSR count). The lowest BCUT2D eigenvalue weighted by Gasteiger charge is -2.14. The van der Waals surface area contributed by atoms with Crippen molar-refractivity contribution in [1.29, 1.82) is 0 Å². The number of nitrogens with one attached hydrogen (secondary N) is 1. The molecule has 0 aromatic carbocycles. The highest BCUT2D eigenvalue weighted by atomic mass is 32.2. The molecule has 1 saturated carbocycles. The topological polar surface area (TPSA) is 85.1 Å². The largest absolute Gasteiger partial charge is 0.382 e. The molecule has 1 aromatic heterocycles. The van der Waals surface area contributed by atoms with Crippen molar-refractivity contribution in [2.75, 3.05) is 11.1 Å². The van der Waals surface area contributed by atoms with Crippen molar-refractivity contribution in [3.8, 4) is 0 Å². The van der Waals surface area contributed by atoms with Gasteiger partial charge in [-0.05, 0) is 37.7 Å². The number of unbranched alkanes of at least 4 members (excludes halogenated alkanes) is 3. The first-order chi connectivity index (χ1) is 9.96. The number of anilines is 2. The van der Waals surface area contributed by atoms with Gasteiger partial charge in [0.1, 0.15) is 9.90 Å². The lowest BCUT2D eigenvalue weighted by molar-refractivity contribution is 0.590. The van der Waals surface area contributed by atoms with Crippen LogP contribution in [0.15, 0.2) is 4.90 Å². The van der Waals surface area contributed by atoms with Crippen LogP contribution in [-0.2, 0) is 9.84 Å². The van der Waals surface area contributed by atoms with Crippen molar-refractivity contribution >= 4 is 32.2 Å². The van der Waals surface area contributed by atoms with Crippen LogP contribution in [0.2, 0.25) is 0 Å². The number of nitrogens with zero attached hydrogens (tertiary/aromatic N) is 1. The molecule has 1 aliphatic rings. The van der Waals surface area contributed by atoms with Crippen molar-refractivity contribution < 1.29 is 8.42 Å². The molecular weight excluding hydrogens is 306 g/mol. The molecule has 120 valence electrons. The van der Waals surface area contributed by atoms with Gasteiger partial charge in [-0.25, -0.2) is 8.42 Å². The molecule has 0 spiro atoms. The highest BCUT2D eigenvalue weighted by Crippen LogP contribution is 2.41. The summed E-state index contributed by atoms with van der Waals surface area (Å²) in [5.41, 5.74) is 5.79. The average Bonchev–Trinajstić information content (AvgIpc) is 3.21. The minimum atomic E-state index is -3.30. The Labute approximate surface area is 131 Å². The molecule has 1 unspecified atom stereocenters. The molecule has 1 atom stereocenters. The van der Waals surface area contributed by atoms with E-state index in [1.165, 1.54) is 19.3 Å². The Morgan fingerprint density at radius 3 is 2.71 bits per heavy atom. The first kappa shape index (κ1) is 16.5. The summed E-state index contributed by atoms with van der Waals surface area (Å²) in [6, 6.07) is 0.231. The third-order valence-corrected chi connectivity index (χ3v) is 7.04. The average molecular weight is 332 g/mol. The second-order valence-corrected chi connectivity index (χ2v) is 8.80. The van der Waals surface area contributed by atoms with Crippen molar-refractivity contribution in [1.82, 2.24) is 4.37 Å². The summed E-state index contributed by atoms with van der Waals surface area (Å²) in [6.45, 7) is 4.27. The fourth-order valence-corrected chi connectivity index (χ4v) is 5.36. The molecule has 7 heteroatoms. The molecule has 21 heavy (non-hydrogen) atoms. The van der Waals surface area contributed by atoms with E-state index >= 15 is 0 Å². The van der Waals surface area contributed by atoms with Gasteiger partial charge in [-0.15, -0.1) is 0 Å². The Bertz CT molecular complexity index is 565. The highest BCUT2D eigenvalue weighted by Gasteiger charge is 2.40. The fraction of sp³-hybridized carbons (Fsp3) is 0.786. The van der Waals surface area contributed by atoms with Gasteiger partial charge < -0.3 is 11.1 Å². The van der Waals surface area contributed by atoms with Gasteiger partial charge in [-0.3, -0.25) is 0 Å². The number of rotatable bonds is 9. The van der Waals surface area contributed by atoms with Crippen molar-refractivity contribution in [2.45, 2.75) is 75.0 Å².